The molecule has 0 bridgehead atoms. The van der Waals surface area contributed by atoms with Gasteiger partial charge in [0.1, 0.15) is 5.75 Å². The quantitative estimate of drug-likeness (QED) is 0.742. The van der Waals surface area contributed by atoms with Crippen molar-refractivity contribution in [2.75, 3.05) is 6.61 Å². The minimum Gasteiger partial charge on any atom is -0.507 e. The van der Waals surface area contributed by atoms with Gasteiger partial charge in [-0.1, -0.05) is 18.2 Å². The third kappa shape index (κ3) is 3.70. The van der Waals surface area contributed by atoms with E-state index in [0.29, 0.717) is 12.8 Å². The molecule has 0 aliphatic carbocycles. The summed E-state index contributed by atoms with van der Waals surface area (Å²) in [5.41, 5.74) is 7.48. The summed E-state index contributed by atoms with van der Waals surface area (Å²) < 4.78 is 0. The van der Waals surface area contributed by atoms with Crippen molar-refractivity contribution in [3.63, 3.8) is 0 Å². The maximum Gasteiger partial charge on any atom is 0.123 e. The minimum absolute atomic E-state index is 0. The van der Waals surface area contributed by atoms with Gasteiger partial charge in [0.2, 0.25) is 0 Å². The van der Waals surface area contributed by atoms with Crippen LogP contribution in [0, 0.1) is 6.92 Å². The van der Waals surface area contributed by atoms with Crippen molar-refractivity contribution in [1.82, 2.24) is 0 Å². The van der Waals surface area contributed by atoms with Crippen LogP contribution in [-0.4, -0.2) is 16.8 Å². The molecule has 4 N–H and O–H groups in total. The van der Waals surface area contributed by atoms with E-state index >= 15 is 0 Å². The van der Waals surface area contributed by atoms with Crippen LogP contribution in [0.3, 0.4) is 0 Å². The van der Waals surface area contributed by atoms with Crippen molar-refractivity contribution >= 4 is 12.4 Å². The van der Waals surface area contributed by atoms with Crippen molar-refractivity contribution in [3.8, 4) is 5.75 Å². The van der Waals surface area contributed by atoms with Gasteiger partial charge in [0, 0.05) is 18.2 Å². The first-order valence-electron chi connectivity index (χ1n) is 4.81. The summed E-state index contributed by atoms with van der Waals surface area (Å²) in [6, 6.07) is 5.35. The van der Waals surface area contributed by atoms with Crippen molar-refractivity contribution in [3.05, 3.63) is 29.3 Å². The van der Waals surface area contributed by atoms with Crippen LogP contribution in [0.1, 0.15) is 30.0 Å². The first-order chi connectivity index (χ1) is 6.66. The molecule has 0 spiro atoms. The zero-order valence-electron chi connectivity index (χ0n) is 8.81. The summed E-state index contributed by atoms with van der Waals surface area (Å²) in [6.07, 6.45) is 1.35. The number of rotatable bonds is 4. The molecule has 0 unspecified atom stereocenters. The molecule has 0 saturated carbocycles. The molecule has 1 rings (SSSR count). The van der Waals surface area contributed by atoms with E-state index in [-0.39, 0.29) is 30.8 Å². The predicted octanol–water partition coefficient (Wildman–Crippen LogP) is 1.89. The van der Waals surface area contributed by atoms with Crippen molar-refractivity contribution in [2.45, 2.75) is 25.8 Å². The van der Waals surface area contributed by atoms with Crippen molar-refractivity contribution < 1.29 is 10.2 Å². The molecule has 86 valence electrons. The van der Waals surface area contributed by atoms with E-state index in [1.807, 2.05) is 25.1 Å². The van der Waals surface area contributed by atoms with Gasteiger partial charge in [-0.3, -0.25) is 0 Å². The Kier molecular flexibility index (Phi) is 6.32. The lowest BCUT2D eigenvalue weighted by atomic mass is 10.00. The molecule has 0 heterocycles. The number of benzene rings is 1. The van der Waals surface area contributed by atoms with E-state index in [1.54, 1.807) is 0 Å². The highest BCUT2D eigenvalue weighted by atomic mass is 35.5. The molecule has 4 heteroatoms. The van der Waals surface area contributed by atoms with Gasteiger partial charge in [-0.05, 0) is 25.3 Å². The van der Waals surface area contributed by atoms with E-state index in [4.69, 9.17) is 10.8 Å². The summed E-state index contributed by atoms with van der Waals surface area (Å²) in [4.78, 5) is 0. The van der Waals surface area contributed by atoms with Crippen LogP contribution in [0.2, 0.25) is 0 Å². The van der Waals surface area contributed by atoms with Crippen LogP contribution in [-0.2, 0) is 0 Å². The van der Waals surface area contributed by atoms with Crippen LogP contribution in [0.25, 0.3) is 0 Å². The second-order valence-corrected chi connectivity index (χ2v) is 3.49. The van der Waals surface area contributed by atoms with Gasteiger partial charge in [0.15, 0.2) is 0 Å². The van der Waals surface area contributed by atoms with E-state index in [0.717, 1.165) is 11.1 Å². The predicted molar refractivity (Wildman–Crippen MR) is 63.3 cm³/mol. The van der Waals surface area contributed by atoms with Gasteiger partial charge in [-0.25, -0.2) is 0 Å². The number of aryl methyl sites for hydroxylation is 1. The van der Waals surface area contributed by atoms with E-state index < -0.39 is 0 Å². The molecule has 0 saturated heterocycles. The topological polar surface area (TPSA) is 66.5 Å². The molecule has 0 aliphatic rings. The van der Waals surface area contributed by atoms with Crippen molar-refractivity contribution in [1.29, 1.82) is 0 Å². The van der Waals surface area contributed by atoms with Crippen LogP contribution in [0.4, 0.5) is 0 Å². The SMILES string of the molecule is Cc1cccc([C@@H](N)CCCO)c1O.Cl. The third-order valence-corrected chi connectivity index (χ3v) is 2.34. The Hall–Kier alpha value is -0.770. The number of hydrogen-bond donors (Lipinski definition) is 3. The highest BCUT2D eigenvalue weighted by molar-refractivity contribution is 5.85. The Balaban J connectivity index is 0.00000196. The average Bonchev–Trinajstić information content (AvgIpc) is 2.18. The first-order valence-corrected chi connectivity index (χ1v) is 4.81. The maximum atomic E-state index is 9.72. The Morgan fingerprint density at radius 1 is 1.40 bits per heavy atom. The number of aromatic hydroxyl groups is 1. The second kappa shape index (κ2) is 6.67. The molecule has 0 radical (unpaired) electrons. The Bertz CT molecular complexity index is 305. The number of hydrogen-bond acceptors (Lipinski definition) is 3. The van der Waals surface area contributed by atoms with Gasteiger partial charge in [-0.2, -0.15) is 0 Å². The molecule has 0 aliphatic heterocycles. The number of aliphatic hydroxyl groups is 1. The largest absolute Gasteiger partial charge is 0.507 e. The van der Waals surface area contributed by atoms with Crippen LogP contribution >= 0.6 is 12.4 Å². The lowest BCUT2D eigenvalue weighted by molar-refractivity contribution is 0.279. The number of phenols is 1. The summed E-state index contributed by atoms with van der Waals surface area (Å²) >= 11 is 0. The number of phenolic OH excluding ortho intramolecular Hbond substituents is 1. The lowest BCUT2D eigenvalue weighted by Crippen LogP contribution is -2.11. The highest BCUT2D eigenvalue weighted by Gasteiger charge is 2.11. The molecule has 1 aromatic rings. The Morgan fingerprint density at radius 3 is 2.67 bits per heavy atom. The molecule has 0 aromatic heterocycles. The molecular weight excluding hydrogens is 214 g/mol. The van der Waals surface area contributed by atoms with E-state index in [2.05, 4.69) is 0 Å². The fraction of sp³-hybridized carbons (Fsp3) is 0.455. The molecule has 1 aromatic carbocycles. The Morgan fingerprint density at radius 2 is 2.07 bits per heavy atom. The van der Waals surface area contributed by atoms with Gasteiger partial charge < -0.3 is 15.9 Å². The smallest absolute Gasteiger partial charge is 0.123 e. The summed E-state index contributed by atoms with van der Waals surface area (Å²) in [7, 11) is 0. The van der Waals surface area contributed by atoms with Gasteiger partial charge in [-0.15, -0.1) is 12.4 Å². The normalized spacial score (nSPS) is 11.9. The zero-order valence-corrected chi connectivity index (χ0v) is 9.63. The van der Waals surface area contributed by atoms with Crippen LogP contribution in [0.15, 0.2) is 18.2 Å². The fourth-order valence-electron chi connectivity index (χ4n) is 1.45. The molecule has 0 amide bonds. The maximum absolute atomic E-state index is 9.72. The summed E-state index contributed by atoms with van der Waals surface area (Å²) in [5.74, 6) is 0.276. The zero-order chi connectivity index (χ0) is 10.6. The van der Waals surface area contributed by atoms with Gasteiger partial charge in [0.25, 0.3) is 0 Å². The number of aliphatic hydroxyl groups excluding tert-OH is 1. The number of para-hydroxylation sites is 1. The summed E-state index contributed by atoms with van der Waals surface area (Å²) in [6.45, 7) is 1.98. The van der Waals surface area contributed by atoms with Gasteiger partial charge >= 0.3 is 0 Å². The van der Waals surface area contributed by atoms with E-state index in [1.165, 1.54) is 0 Å². The second-order valence-electron chi connectivity index (χ2n) is 3.49. The minimum atomic E-state index is -0.193. The molecular formula is C11H18ClNO2. The third-order valence-electron chi connectivity index (χ3n) is 2.34. The van der Waals surface area contributed by atoms with Crippen LogP contribution in [0.5, 0.6) is 5.75 Å². The average molecular weight is 232 g/mol. The highest BCUT2D eigenvalue weighted by Crippen LogP contribution is 2.28. The molecule has 3 nitrogen and oxygen atoms in total. The first kappa shape index (κ1) is 14.2. The number of halogens is 1. The summed E-state index contributed by atoms with van der Waals surface area (Å²) in [5, 5.41) is 18.4. The molecule has 1 atom stereocenters. The molecule has 0 fully saturated rings. The monoisotopic (exact) mass is 231 g/mol. The number of nitrogens with two attached hydrogens (primary N) is 1. The van der Waals surface area contributed by atoms with E-state index in [9.17, 15) is 5.11 Å². The molecule has 15 heavy (non-hydrogen) atoms. The van der Waals surface area contributed by atoms with Gasteiger partial charge in [0.05, 0.1) is 0 Å². The Labute approximate surface area is 96.3 Å². The standard InChI is InChI=1S/C11H17NO2.ClH/c1-8-4-2-5-9(11(8)14)10(12)6-3-7-13;/h2,4-5,10,13-14H,3,6-7,12H2,1H3;1H/t10-;/m0./s1. The van der Waals surface area contributed by atoms with Crippen molar-refractivity contribution in [2.24, 2.45) is 5.73 Å². The van der Waals surface area contributed by atoms with Crippen LogP contribution < -0.4 is 5.73 Å². The fourth-order valence-corrected chi connectivity index (χ4v) is 1.45. The lowest BCUT2D eigenvalue weighted by Gasteiger charge is -2.14.